The third kappa shape index (κ3) is 1.93. The SMILES string of the molecule is Cn1c(C(=O)NC2CC(=O)NC2=O)nc2ccccc21. The monoisotopic (exact) mass is 272 g/mol. The molecule has 1 saturated heterocycles. The maximum absolute atomic E-state index is 12.2. The van der Waals surface area contributed by atoms with Crippen molar-refractivity contribution >= 4 is 28.8 Å². The van der Waals surface area contributed by atoms with Gasteiger partial charge in [-0.25, -0.2) is 4.98 Å². The smallest absolute Gasteiger partial charge is 0.287 e. The van der Waals surface area contributed by atoms with E-state index in [1.165, 1.54) is 0 Å². The highest BCUT2D eigenvalue weighted by atomic mass is 16.2. The molecule has 3 amide bonds. The number of benzene rings is 1. The summed E-state index contributed by atoms with van der Waals surface area (Å²) in [7, 11) is 1.73. The van der Waals surface area contributed by atoms with Crippen molar-refractivity contribution in [2.75, 3.05) is 0 Å². The molecule has 102 valence electrons. The third-order valence-corrected chi connectivity index (χ3v) is 3.26. The molecule has 2 heterocycles. The Bertz CT molecular complexity index is 734. The Morgan fingerprint density at radius 3 is 2.80 bits per heavy atom. The summed E-state index contributed by atoms with van der Waals surface area (Å²) >= 11 is 0. The molecule has 0 saturated carbocycles. The van der Waals surface area contributed by atoms with Crippen LogP contribution in [-0.2, 0) is 16.6 Å². The van der Waals surface area contributed by atoms with E-state index >= 15 is 0 Å². The second-order valence-corrected chi connectivity index (χ2v) is 4.63. The van der Waals surface area contributed by atoms with E-state index in [-0.39, 0.29) is 18.2 Å². The minimum absolute atomic E-state index is 0.0332. The first-order valence-electron chi connectivity index (χ1n) is 6.12. The Morgan fingerprint density at radius 1 is 1.40 bits per heavy atom. The first kappa shape index (κ1) is 12.3. The van der Waals surface area contributed by atoms with Gasteiger partial charge in [-0.1, -0.05) is 12.1 Å². The highest BCUT2D eigenvalue weighted by Gasteiger charge is 2.32. The van der Waals surface area contributed by atoms with Gasteiger partial charge in [0.25, 0.3) is 5.91 Å². The molecule has 0 radical (unpaired) electrons. The number of nitrogens with one attached hydrogen (secondary N) is 2. The van der Waals surface area contributed by atoms with Crippen LogP contribution in [0.1, 0.15) is 17.0 Å². The predicted molar refractivity (Wildman–Crippen MR) is 69.7 cm³/mol. The normalized spacial score (nSPS) is 18.4. The number of rotatable bonds is 2. The Kier molecular flexibility index (Phi) is 2.74. The van der Waals surface area contributed by atoms with Gasteiger partial charge in [-0.15, -0.1) is 0 Å². The fourth-order valence-electron chi connectivity index (χ4n) is 2.24. The number of carbonyl (C=O) groups is 3. The van der Waals surface area contributed by atoms with Crippen LogP contribution in [0, 0.1) is 0 Å². The van der Waals surface area contributed by atoms with Crippen LogP contribution in [0.5, 0.6) is 0 Å². The summed E-state index contributed by atoms with van der Waals surface area (Å²) in [5, 5.41) is 4.67. The number of aromatic nitrogens is 2. The van der Waals surface area contributed by atoms with Gasteiger partial charge in [0, 0.05) is 7.05 Å². The van der Waals surface area contributed by atoms with Gasteiger partial charge in [0.05, 0.1) is 17.5 Å². The van der Waals surface area contributed by atoms with Crippen molar-refractivity contribution in [3.05, 3.63) is 30.1 Å². The molecule has 0 spiro atoms. The van der Waals surface area contributed by atoms with Crippen LogP contribution in [0.2, 0.25) is 0 Å². The lowest BCUT2D eigenvalue weighted by Crippen LogP contribution is -2.41. The summed E-state index contributed by atoms with van der Waals surface area (Å²) < 4.78 is 1.65. The molecule has 1 unspecified atom stereocenters. The number of hydrogen-bond donors (Lipinski definition) is 2. The van der Waals surface area contributed by atoms with Crippen molar-refractivity contribution in [1.82, 2.24) is 20.2 Å². The van der Waals surface area contributed by atoms with Crippen LogP contribution < -0.4 is 10.6 Å². The number of nitrogens with zero attached hydrogens (tertiary/aromatic N) is 2. The van der Waals surface area contributed by atoms with Crippen LogP contribution >= 0.6 is 0 Å². The van der Waals surface area contributed by atoms with Crippen molar-refractivity contribution in [2.24, 2.45) is 7.05 Å². The summed E-state index contributed by atoms with van der Waals surface area (Å²) in [6.45, 7) is 0. The van der Waals surface area contributed by atoms with E-state index in [0.29, 0.717) is 5.52 Å². The van der Waals surface area contributed by atoms with Gasteiger partial charge in [-0.2, -0.15) is 0 Å². The quantitative estimate of drug-likeness (QED) is 0.735. The Morgan fingerprint density at radius 2 is 2.15 bits per heavy atom. The Balaban J connectivity index is 1.88. The predicted octanol–water partition coefficient (Wildman–Crippen LogP) is -0.282. The fraction of sp³-hybridized carbons (Fsp3) is 0.231. The van der Waals surface area contributed by atoms with Crippen LogP contribution in [0.15, 0.2) is 24.3 Å². The first-order chi connectivity index (χ1) is 9.56. The molecule has 0 aliphatic carbocycles. The lowest BCUT2D eigenvalue weighted by molar-refractivity contribution is -0.125. The molecule has 2 N–H and O–H groups in total. The van der Waals surface area contributed by atoms with E-state index < -0.39 is 17.9 Å². The molecule has 1 aromatic heterocycles. The summed E-state index contributed by atoms with van der Waals surface area (Å²) in [5.74, 6) is -1.13. The Hall–Kier alpha value is -2.70. The van der Waals surface area contributed by atoms with E-state index in [1.54, 1.807) is 17.7 Å². The highest BCUT2D eigenvalue weighted by Crippen LogP contribution is 2.14. The molecule has 0 bridgehead atoms. The first-order valence-corrected chi connectivity index (χ1v) is 6.12. The number of hydrogen-bond acceptors (Lipinski definition) is 4. The lowest BCUT2D eigenvalue weighted by atomic mass is 10.2. The maximum Gasteiger partial charge on any atom is 0.287 e. The summed E-state index contributed by atoms with van der Waals surface area (Å²) in [6, 6.07) is 6.52. The summed E-state index contributed by atoms with van der Waals surface area (Å²) in [4.78, 5) is 38.9. The van der Waals surface area contributed by atoms with E-state index in [0.717, 1.165) is 5.52 Å². The van der Waals surface area contributed by atoms with Gasteiger partial charge in [0.2, 0.25) is 11.8 Å². The maximum atomic E-state index is 12.2. The largest absolute Gasteiger partial charge is 0.337 e. The average molecular weight is 272 g/mol. The molecule has 2 aromatic rings. The molecule has 1 aliphatic rings. The van der Waals surface area contributed by atoms with Crippen LogP contribution in [0.25, 0.3) is 11.0 Å². The minimum Gasteiger partial charge on any atom is -0.337 e. The van der Waals surface area contributed by atoms with Gasteiger partial charge in [-0.3, -0.25) is 19.7 Å². The number of carbonyl (C=O) groups excluding carboxylic acids is 3. The Labute approximate surface area is 114 Å². The second kappa shape index (κ2) is 4.44. The zero-order valence-corrected chi connectivity index (χ0v) is 10.7. The number of fused-ring (bicyclic) bond motifs is 1. The molecule has 3 rings (SSSR count). The number of aryl methyl sites for hydroxylation is 1. The van der Waals surface area contributed by atoms with E-state index in [1.807, 2.05) is 18.2 Å². The number of amides is 3. The van der Waals surface area contributed by atoms with E-state index in [4.69, 9.17) is 0 Å². The van der Waals surface area contributed by atoms with Crippen molar-refractivity contribution in [1.29, 1.82) is 0 Å². The van der Waals surface area contributed by atoms with E-state index in [2.05, 4.69) is 15.6 Å². The topological polar surface area (TPSA) is 93.1 Å². The molecular weight excluding hydrogens is 260 g/mol. The summed E-state index contributed by atoms with van der Waals surface area (Å²) in [6.07, 6.45) is -0.0332. The van der Waals surface area contributed by atoms with Crippen LogP contribution in [0.3, 0.4) is 0 Å². The van der Waals surface area contributed by atoms with Crippen LogP contribution in [-0.4, -0.2) is 33.3 Å². The van der Waals surface area contributed by atoms with Crippen molar-refractivity contribution in [3.8, 4) is 0 Å². The molecular formula is C13H12N4O3. The molecule has 1 fully saturated rings. The molecule has 1 aromatic carbocycles. The van der Waals surface area contributed by atoms with E-state index in [9.17, 15) is 14.4 Å². The average Bonchev–Trinajstić information content (AvgIpc) is 2.91. The minimum atomic E-state index is -0.824. The van der Waals surface area contributed by atoms with Gasteiger partial charge in [0.1, 0.15) is 6.04 Å². The standard InChI is InChI=1S/C13H12N4O3/c1-17-9-5-3-2-4-7(9)14-11(17)13(20)15-8-6-10(18)16-12(8)19/h2-5,8H,6H2,1H3,(H,15,20)(H,16,18,19). The zero-order chi connectivity index (χ0) is 14.3. The molecule has 1 atom stereocenters. The van der Waals surface area contributed by atoms with Crippen molar-refractivity contribution < 1.29 is 14.4 Å². The highest BCUT2D eigenvalue weighted by molar-refractivity contribution is 6.08. The van der Waals surface area contributed by atoms with Crippen molar-refractivity contribution in [2.45, 2.75) is 12.5 Å². The number of imide groups is 1. The fourth-order valence-corrected chi connectivity index (χ4v) is 2.24. The summed E-state index contributed by atoms with van der Waals surface area (Å²) in [5.41, 5.74) is 1.52. The molecule has 7 nitrogen and oxygen atoms in total. The van der Waals surface area contributed by atoms with Gasteiger partial charge >= 0.3 is 0 Å². The molecule has 20 heavy (non-hydrogen) atoms. The van der Waals surface area contributed by atoms with Crippen LogP contribution in [0.4, 0.5) is 0 Å². The second-order valence-electron chi connectivity index (χ2n) is 4.63. The van der Waals surface area contributed by atoms with Crippen molar-refractivity contribution in [3.63, 3.8) is 0 Å². The number of para-hydroxylation sites is 2. The van der Waals surface area contributed by atoms with Gasteiger partial charge < -0.3 is 9.88 Å². The van der Waals surface area contributed by atoms with Gasteiger partial charge in [-0.05, 0) is 12.1 Å². The van der Waals surface area contributed by atoms with Gasteiger partial charge in [0.15, 0.2) is 5.82 Å². The molecule has 1 aliphatic heterocycles. The third-order valence-electron chi connectivity index (χ3n) is 3.26. The zero-order valence-electron chi connectivity index (χ0n) is 10.7. The molecule has 7 heteroatoms. The lowest BCUT2D eigenvalue weighted by Gasteiger charge is -2.08. The number of imidazole rings is 1.